The topological polar surface area (TPSA) is 96.2 Å². The molecule has 6 nitrogen and oxygen atoms in total. The average molecular weight is 344 g/mol. The van der Waals surface area contributed by atoms with E-state index in [-0.39, 0.29) is 35.1 Å². The first-order valence-corrected chi connectivity index (χ1v) is 8.01. The van der Waals surface area contributed by atoms with E-state index in [0.29, 0.717) is 25.2 Å². The number of ether oxygens (including phenoxy) is 2. The van der Waals surface area contributed by atoms with Crippen molar-refractivity contribution in [2.75, 3.05) is 13.7 Å². The van der Waals surface area contributed by atoms with Crippen LogP contribution >= 0.6 is 0 Å². The van der Waals surface area contributed by atoms with Crippen molar-refractivity contribution in [1.29, 1.82) is 0 Å². The van der Waals surface area contributed by atoms with E-state index in [1.165, 1.54) is 19.2 Å². The van der Waals surface area contributed by atoms with E-state index in [0.717, 1.165) is 11.1 Å². The monoisotopic (exact) mass is 344 g/mol. The van der Waals surface area contributed by atoms with Crippen LogP contribution in [0.2, 0.25) is 0 Å². The zero-order chi connectivity index (χ0) is 18.0. The Bertz CT molecular complexity index is 785. The zero-order valence-corrected chi connectivity index (χ0v) is 13.8. The molecule has 0 amide bonds. The zero-order valence-electron chi connectivity index (χ0n) is 13.8. The Balaban J connectivity index is 1.76. The smallest absolute Gasteiger partial charge is 0.309 e. The minimum absolute atomic E-state index is 0.0313. The number of esters is 1. The summed E-state index contributed by atoms with van der Waals surface area (Å²) in [4.78, 5) is 12.1. The third-order valence-electron chi connectivity index (χ3n) is 4.55. The standard InChI is InChI=1S/C19H20O6/c1-24-18-9-12(3-5-16(18)21)7-14-13(10-25-19(14)23)6-11-2-4-15(20)17(22)8-11/h2-5,8-9,13-14,20-22H,6-7,10H2,1H3/t13-,14+/m0/s1. The number of phenols is 3. The molecule has 2 atom stereocenters. The molecule has 1 aliphatic rings. The number of methoxy groups -OCH3 is 1. The fraction of sp³-hybridized carbons (Fsp3) is 0.316. The van der Waals surface area contributed by atoms with Crippen LogP contribution in [0.15, 0.2) is 36.4 Å². The summed E-state index contributed by atoms with van der Waals surface area (Å²) in [7, 11) is 1.47. The lowest BCUT2D eigenvalue weighted by molar-refractivity contribution is -0.141. The first-order valence-electron chi connectivity index (χ1n) is 8.01. The first kappa shape index (κ1) is 17.0. The summed E-state index contributed by atoms with van der Waals surface area (Å²) >= 11 is 0. The van der Waals surface area contributed by atoms with Crippen molar-refractivity contribution in [3.8, 4) is 23.0 Å². The molecule has 25 heavy (non-hydrogen) atoms. The van der Waals surface area contributed by atoms with Gasteiger partial charge in [-0.3, -0.25) is 4.79 Å². The van der Waals surface area contributed by atoms with Crippen molar-refractivity contribution in [3.63, 3.8) is 0 Å². The Kier molecular flexibility index (Phi) is 4.70. The van der Waals surface area contributed by atoms with E-state index in [2.05, 4.69) is 0 Å². The van der Waals surface area contributed by atoms with Crippen LogP contribution in [0.1, 0.15) is 11.1 Å². The van der Waals surface area contributed by atoms with Gasteiger partial charge in [-0.25, -0.2) is 0 Å². The van der Waals surface area contributed by atoms with Crippen molar-refractivity contribution in [3.05, 3.63) is 47.5 Å². The van der Waals surface area contributed by atoms with Crippen LogP contribution in [-0.4, -0.2) is 35.0 Å². The summed E-state index contributed by atoms with van der Waals surface area (Å²) in [5, 5.41) is 28.7. The van der Waals surface area contributed by atoms with Crippen LogP contribution in [0, 0.1) is 11.8 Å². The van der Waals surface area contributed by atoms with Gasteiger partial charge in [0.25, 0.3) is 0 Å². The molecule has 3 rings (SSSR count). The minimum Gasteiger partial charge on any atom is -0.504 e. The molecule has 0 aromatic heterocycles. The predicted octanol–water partition coefficient (Wildman–Crippen LogP) is 2.39. The summed E-state index contributed by atoms with van der Waals surface area (Å²) in [5.74, 6) is -0.528. The fourth-order valence-electron chi connectivity index (χ4n) is 3.16. The molecule has 0 spiro atoms. The highest BCUT2D eigenvalue weighted by atomic mass is 16.5. The molecule has 1 heterocycles. The molecular weight excluding hydrogens is 324 g/mol. The van der Waals surface area contributed by atoms with Crippen molar-refractivity contribution in [2.24, 2.45) is 11.8 Å². The average Bonchev–Trinajstić information content (AvgIpc) is 2.93. The molecule has 1 fully saturated rings. The maximum Gasteiger partial charge on any atom is 0.309 e. The van der Waals surface area contributed by atoms with E-state index >= 15 is 0 Å². The first-order chi connectivity index (χ1) is 12.0. The van der Waals surface area contributed by atoms with Crippen LogP contribution in [0.5, 0.6) is 23.0 Å². The van der Waals surface area contributed by atoms with Crippen molar-refractivity contribution in [1.82, 2.24) is 0 Å². The summed E-state index contributed by atoms with van der Waals surface area (Å²) in [5.41, 5.74) is 1.70. The second-order valence-electron chi connectivity index (χ2n) is 6.23. The number of hydrogen-bond donors (Lipinski definition) is 3. The number of carbonyl (C=O) groups is 1. The molecule has 1 aliphatic heterocycles. The van der Waals surface area contributed by atoms with Crippen LogP contribution in [-0.2, 0) is 22.4 Å². The van der Waals surface area contributed by atoms with Gasteiger partial charge >= 0.3 is 5.97 Å². The lowest BCUT2D eigenvalue weighted by Gasteiger charge is -2.16. The summed E-state index contributed by atoms with van der Waals surface area (Å²) in [6, 6.07) is 9.66. The quantitative estimate of drug-likeness (QED) is 0.569. The number of benzene rings is 2. The molecule has 0 radical (unpaired) electrons. The second kappa shape index (κ2) is 6.93. The highest BCUT2D eigenvalue weighted by molar-refractivity contribution is 5.75. The predicted molar refractivity (Wildman–Crippen MR) is 89.8 cm³/mol. The van der Waals surface area contributed by atoms with Crippen LogP contribution < -0.4 is 4.74 Å². The normalized spacial score (nSPS) is 19.6. The Morgan fingerprint density at radius 1 is 1.00 bits per heavy atom. The van der Waals surface area contributed by atoms with Gasteiger partial charge in [-0.1, -0.05) is 12.1 Å². The molecular formula is C19H20O6. The third kappa shape index (κ3) is 3.63. The van der Waals surface area contributed by atoms with Gasteiger partial charge in [-0.15, -0.1) is 0 Å². The van der Waals surface area contributed by atoms with Gasteiger partial charge < -0.3 is 24.8 Å². The molecule has 1 saturated heterocycles. The van der Waals surface area contributed by atoms with E-state index in [4.69, 9.17) is 9.47 Å². The van der Waals surface area contributed by atoms with Crippen molar-refractivity contribution in [2.45, 2.75) is 12.8 Å². The summed E-state index contributed by atoms with van der Waals surface area (Å²) in [6.07, 6.45) is 1.03. The van der Waals surface area contributed by atoms with E-state index in [1.54, 1.807) is 24.3 Å². The molecule has 0 unspecified atom stereocenters. The molecule has 2 aromatic rings. The molecule has 0 aliphatic carbocycles. The largest absolute Gasteiger partial charge is 0.504 e. The lowest BCUT2D eigenvalue weighted by Crippen LogP contribution is -2.20. The van der Waals surface area contributed by atoms with Gasteiger partial charge in [0.1, 0.15) is 0 Å². The lowest BCUT2D eigenvalue weighted by atomic mass is 9.85. The van der Waals surface area contributed by atoms with Gasteiger partial charge in [0.05, 0.1) is 19.6 Å². The molecule has 132 valence electrons. The highest BCUT2D eigenvalue weighted by Crippen LogP contribution is 2.33. The highest BCUT2D eigenvalue weighted by Gasteiger charge is 2.37. The number of hydrogen-bond acceptors (Lipinski definition) is 6. The van der Waals surface area contributed by atoms with Gasteiger partial charge in [0, 0.05) is 5.92 Å². The maximum absolute atomic E-state index is 12.1. The number of phenolic OH excluding ortho intramolecular Hbond substituents is 3. The van der Waals surface area contributed by atoms with Gasteiger partial charge in [0.2, 0.25) is 0 Å². The summed E-state index contributed by atoms with van der Waals surface area (Å²) in [6.45, 7) is 0.320. The summed E-state index contributed by atoms with van der Waals surface area (Å²) < 4.78 is 10.3. The molecule has 6 heteroatoms. The van der Waals surface area contributed by atoms with E-state index in [1.807, 2.05) is 0 Å². The van der Waals surface area contributed by atoms with Crippen LogP contribution in [0.4, 0.5) is 0 Å². The third-order valence-corrected chi connectivity index (χ3v) is 4.55. The van der Waals surface area contributed by atoms with Crippen molar-refractivity contribution >= 4 is 5.97 Å². The Labute approximate surface area is 145 Å². The van der Waals surface area contributed by atoms with Crippen LogP contribution in [0.3, 0.4) is 0 Å². The number of aromatic hydroxyl groups is 3. The molecule has 0 saturated carbocycles. The molecule has 0 bridgehead atoms. The Morgan fingerprint density at radius 3 is 2.36 bits per heavy atom. The number of carbonyl (C=O) groups excluding carboxylic acids is 1. The Morgan fingerprint density at radius 2 is 1.68 bits per heavy atom. The molecule has 3 N–H and O–H groups in total. The van der Waals surface area contributed by atoms with Gasteiger partial charge in [-0.2, -0.15) is 0 Å². The van der Waals surface area contributed by atoms with Gasteiger partial charge in [-0.05, 0) is 48.2 Å². The van der Waals surface area contributed by atoms with Crippen LogP contribution in [0.25, 0.3) is 0 Å². The SMILES string of the molecule is COc1cc(C[C@H]2C(=O)OC[C@@H]2Cc2ccc(O)c(O)c2)ccc1O. The Hall–Kier alpha value is -2.89. The second-order valence-corrected chi connectivity index (χ2v) is 6.23. The molecule has 2 aromatic carbocycles. The minimum atomic E-state index is -0.315. The maximum atomic E-state index is 12.1. The van der Waals surface area contributed by atoms with Gasteiger partial charge in [0.15, 0.2) is 23.0 Å². The van der Waals surface area contributed by atoms with E-state index < -0.39 is 0 Å². The van der Waals surface area contributed by atoms with Crippen molar-refractivity contribution < 1.29 is 29.6 Å². The number of rotatable bonds is 5. The van der Waals surface area contributed by atoms with E-state index in [9.17, 15) is 20.1 Å². The fourth-order valence-corrected chi connectivity index (χ4v) is 3.16. The number of cyclic esters (lactones) is 1.